The zero-order valence-corrected chi connectivity index (χ0v) is 12.3. The zero-order chi connectivity index (χ0) is 14.7. The van der Waals surface area contributed by atoms with Crippen molar-refractivity contribution in [3.05, 3.63) is 12.2 Å². The van der Waals surface area contributed by atoms with Crippen molar-refractivity contribution in [2.75, 3.05) is 0 Å². The number of ether oxygens (including phenoxy) is 2. The second-order valence-electron chi connectivity index (χ2n) is 4.62. The molecule has 0 saturated heterocycles. The highest BCUT2D eigenvalue weighted by Crippen LogP contribution is 2.56. The molecule has 0 unspecified atom stereocenters. The summed E-state index contributed by atoms with van der Waals surface area (Å²) in [7, 11) is -4.37. The minimum absolute atomic E-state index is 0.219. The summed E-state index contributed by atoms with van der Waals surface area (Å²) in [6.45, 7) is 4.69. The molecule has 7 heteroatoms. The Kier molecular flexibility index (Phi) is 5.33. The highest BCUT2D eigenvalue weighted by atomic mass is 31.2. The zero-order valence-electron chi connectivity index (χ0n) is 11.4. The molecule has 19 heavy (non-hydrogen) atoms. The summed E-state index contributed by atoms with van der Waals surface area (Å²) in [5, 5.41) is -1.47. The summed E-state index contributed by atoms with van der Waals surface area (Å²) in [4.78, 5) is 29.8. The number of esters is 1. The molecule has 1 aliphatic rings. The lowest BCUT2D eigenvalue weighted by atomic mass is 10.2. The van der Waals surface area contributed by atoms with E-state index in [2.05, 4.69) is 0 Å². The van der Waals surface area contributed by atoms with Gasteiger partial charge in [-0.2, -0.15) is 0 Å². The van der Waals surface area contributed by atoms with E-state index in [1.807, 2.05) is 0 Å². The van der Waals surface area contributed by atoms with Crippen LogP contribution in [-0.4, -0.2) is 33.3 Å². The van der Waals surface area contributed by atoms with Gasteiger partial charge in [-0.1, -0.05) is 19.9 Å². The van der Waals surface area contributed by atoms with Crippen molar-refractivity contribution in [3.63, 3.8) is 0 Å². The van der Waals surface area contributed by atoms with Crippen LogP contribution < -0.4 is 0 Å². The van der Waals surface area contributed by atoms with Gasteiger partial charge in [-0.3, -0.25) is 9.36 Å². The molecule has 0 aromatic heterocycles. The van der Waals surface area contributed by atoms with E-state index in [9.17, 15) is 19.1 Å². The number of rotatable bonds is 6. The third-order valence-electron chi connectivity index (χ3n) is 3.33. The minimum atomic E-state index is -4.37. The van der Waals surface area contributed by atoms with Gasteiger partial charge in [0.1, 0.15) is 6.10 Å². The lowest BCUT2D eigenvalue weighted by molar-refractivity contribution is -0.145. The molecular formula is C12H21O6P. The number of hydrogen-bond donors (Lipinski definition) is 2. The maximum absolute atomic E-state index is 11.6. The molecule has 0 aromatic rings. The summed E-state index contributed by atoms with van der Waals surface area (Å²) in [5.74, 6) is -0.387. The van der Waals surface area contributed by atoms with E-state index in [0.717, 1.165) is 0 Å². The molecule has 6 nitrogen and oxygen atoms in total. The monoisotopic (exact) mass is 292 g/mol. The van der Waals surface area contributed by atoms with Gasteiger partial charge in [-0.25, -0.2) is 0 Å². The fourth-order valence-electron chi connectivity index (χ4n) is 2.20. The van der Waals surface area contributed by atoms with E-state index in [4.69, 9.17) is 9.47 Å². The summed E-state index contributed by atoms with van der Waals surface area (Å²) in [6.07, 6.45) is 3.36. The normalized spacial score (nSPS) is 23.6. The van der Waals surface area contributed by atoms with Crippen molar-refractivity contribution in [3.8, 4) is 0 Å². The Labute approximate surface area is 112 Å². The Balaban J connectivity index is 2.71. The van der Waals surface area contributed by atoms with Crippen molar-refractivity contribution in [1.29, 1.82) is 0 Å². The van der Waals surface area contributed by atoms with Crippen molar-refractivity contribution < 1.29 is 28.6 Å². The highest BCUT2D eigenvalue weighted by molar-refractivity contribution is 7.53. The number of carbonyl (C=O) groups is 1. The van der Waals surface area contributed by atoms with Gasteiger partial charge in [-0.05, 0) is 18.9 Å². The largest absolute Gasteiger partial charge is 0.458 e. The van der Waals surface area contributed by atoms with E-state index in [1.54, 1.807) is 26.0 Å². The Bertz CT molecular complexity index is 395. The van der Waals surface area contributed by atoms with Crippen LogP contribution in [0.4, 0.5) is 0 Å². The smallest absolute Gasteiger partial charge is 0.357 e. The highest BCUT2D eigenvalue weighted by Gasteiger charge is 2.47. The Hall–Kier alpha value is -0.680. The molecule has 1 rings (SSSR count). The first kappa shape index (κ1) is 16.4. The van der Waals surface area contributed by atoms with Crippen LogP contribution in [0.5, 0.6) is 0 Å². The van der Waals surface area contributed by atoms with Crippen LogP contribution in [0, 0.1) is 0 Å². The molecule has 0 radical (unpaired) electrons. The number of hydrogen-bond acceptors (Lipinski definition) is 4. The van der Waals surface area contributed by atoms with Gasteiger partial charge in [-0.15, -0.1) is 0 Å². The average molecular weight is 292 g/mol. The first-order valence-electron chi connectivity index (χ1n) is 6.33. The van der Waals surface area contributed by atoms with Crippen molar-refractivity contribution >= 4 is 13.6 Å². The predicted octanol–water partition coefficient (Wildman–Crippen LogP) is 1.96. The molecule has 2 N–H and O–H groups in total. The molecule has 110 valence electrons. The third-order valence-corrected chi connectivity index (χ3v) is 5.13. The Morgan fingerprint density at radius 2 is 1.84 bits per heavy atom. The van der Waals surface area contributed by atoms with E-state index >= 15 is 0 Å². The van der Waals surface area contributed by atoms with Crippen LogP contribution in [0.1, 0.15) is 40.0 Å². The van der Waals surface area contributed by atoms with Crippen LogP contribution in [0.3, 0.4) is 0 Å². The maximum Gasteiger partial charge on any atom is 0.357 e. The van der Waals surface area contributed by atoms with E-state index in [1.165, 1.54) is 6.92 Å². The van der Waals surface area contributed by atoms with Crippen LogP contribution >= 0.6 is 7.60 Å². The summed E-state index contributed by atoms with van der Waals surface area (Å²) >= 11 is 0. The molecule has 0 fully saturated rings. The molecule has 0 spiro atoms. The van der Waals surface area contributed by atoms with Crippen molar-refractivity contribution in [2.24, 2.45) is 0 Å². The fraction of sp³-hybridized carbons (Fsp3) is 0.750. The SMILES string of the molecule is CCC(CC)(O[C@H]1C=C[C@@H](OC(C)=O)C1)P(=O)(O)O. The summed E-state index contributed by atoms with van der Waals surface area (Å²) in [5.41, 5.74) is 0. The predicted molar refractivity (Wildman–Crippen MR) is 69.5 cm³/mol. The molecule has 2 atom stereocenters. The molecule has 0 heterocycles. The molecule has 0 amide bonds. The molecule has 0 aromatic carbocycles. The minimum Gasteiger partial charge on any atom is -0.458 e. The molecule has 0 saturated carbocycles. The first-order valence-corrected chi connectivity index (χ1v) is 7.94. The van der Waals surface area contributed by atoms with Gasteiger partial charge in [0, 0.05) is 13.3 Å². The Morgan fingerprint density at radius 3 is 2.26 bits per heavy atom. The summed E-state index contributed by atoms with van der Waals surface area (Å²) in [6, 6.07) is 0. The van der Waals surface area contributed by atoms with E-state index < -0.39 is 19.0 Å². The average Bonchev–Trinajstić information content (AvgIpc) is 2.70. The van der Waals surface area contributed by atoms with E-state index in [0.29, 0.717) is 6.42 Å². The molecule has 1 aliphatic carbocycles. The summed E-state index contributed by atoms with van der Waals surface area (Å²) < 4.78 is 22.3. The fourth-order valence-corrected chi connectivity index (χ4v) is 3.30. The lowest BCUT2D eigenvalue weighted by Gasteiger charge is -2.34. The van der Waals surface area contributed by atoms with E-state index in [-0.39, 0.29) is 24.9 Å². The second-order valence-corrected chi connectivity index (χ2v) is 6.53. The van der Waals surface area contributed by atoms with Gasteiger partial charge in [0.05, 0.1) is 6.10 Å². The standard InChI is InChI=1S/C12H21O6P/c1-4-12(5-2,19(14,15)16)18-11-7-6-10(8-11)17-9(3)13/h6-7,10-11H,4-5,8H2,1-3H3,(H2,14,15,16)/t10-,11+/m1/s1. The molecule has 0 aliphatic heterocycles. The maximum atomic E-state index is 11.6. The van der Waals surface area contributed by atoms with Gasteiger partial charge in [0.15, 0.2) is 5.34 Å². The first-order chi connectivity index (χ1) is 8.74. The topological polar surface area (TPSA) is 93.1 Å². The van der Waals surface area contributed by atoms with Crippen LogP contribution in [0.2, 0.25) is 0 Å². The van der Waals surface area contributed by atoms with Crippen LogP contribution in [0.15, 0.2) is 12.2 Å². The lowest BCUT2D eigenvalue weighted by Crippen LogP contribution is -2.35. The van der Waals surface area contributed by atoms with Crippen LogP contribution in [0.25, 0.3) is 0 Å². The quantitative estimate of drug-likeness (QED) is 0.441. The molecular weight excluding hydrogens is 271 g/mol. The molecule has 0 bridgehead atoms. The van der Waals surface area contributed by atoms with Crippen molar-refractivity contribution in [1.82, 2.24) is 0 Å². The van der Waals surface area contributed by atoms with Gasteiger partial charge in [0.25, 0.3) is 0 Å². The van der Waals surface area contributed by atoms with Gasteiger partial charge >= 0.3 is 13.6 Å². The van der Waals surface area contributed by atoms with Gasteiger partial charge in [0.2, 0.25) is 0 Å². The van der Waals surface area contributed by atoms with Gasteiger partial charge < -0.3 is 19.3 Å². The second kappa shape index (κ2) is 6.18. The van der Waals surface area contributed by atoms with Crippen molar-refractivity contribution in [2.45, 2.75) is 57.6 Å². The van der Waals surface area contributed by atoms with Crippen LogP contribution in [-0.2, 0) is 18.8 Å². The third kappa shape index (κ3) is 3.89. The Morgan fingerprint density at radius 1 is 1.32 bits per heavy atom. The number of carbonyl (C=O) groups excluding carboxylic acids is 1.